The smallest absolute Gasteiger partial charge is 0.272 e. The molecule has 1 aromatic heterocycles. The molecular formula is C11H14ClN3O3S. The number of hydrogen-bond donors (Lipinski definition) is 0. The van der Waals surface area contributed by atoms with Crippen LogP contribution in [-0.2, 0) is 9.84 Å². The second kappa shape index (κ2) is 5.05. The highest BCUT2D eigenvalue weighted by Gasteiger charge is 2.32. The molecule has 1 saturated heterocycles. The largest absolute Gasteiger partial charge is 0.333 e. The number of amides is 1. The van der Waals surface area contributed by atoms with Crippen molar-refractivity contribution in [2.24, 2.45) is 0 Å². The van der Waals surface area contributed by atoms with Crippen LogP contribution in [0.15, 0.2) is 6.07 Å². The normalized spacial score (nSPS) is 22.3. The third-order valence-electron chi connectivity index (χ3n) is 2.98. The zero-order valence-electron chi connectivity index (χ0n) is 10.6. The van der Waals surface area contributed by atoms with E-state index in [0.717, 1.165) is 0 Å². The van der Waals surface area contributed by atoms with Gasteiger partial charge in [-0.15, -0.1) is 0 Å². The van der Waals surface area contributed by atoms with Gasteiger partial charge in [0.1, 0.15) is 5.69 Å². The number of rotatable bonds is 1. The Kier molecular flexibility index (Phi) is 3.78. The zero-order valence-corrected chi connectivity index (χ0v) is 12.2. The van der Waals surface area contributed by atoms with Gasteiger partial charge >= 0.3 is 0 Å². The van der Waals surface area contributed by atoms with Gasteiger partial charge in [0.05, 0.1) is 11.5 Å². The molecule has 6 nitrogen and oxygen atoms in total. The standard InChI is InChI=1S/C11H14ClN3O3S/c1-7-5-9(14-11(12)13-7)10(16)15-3-4-19(17,18)6-8(15)2/h5,8H,3-4,6H2,1-2H3. The number of halogens is 1. The van der Waals surface area contributed by atoms with Crippen molar-refractivity contribution >= 4 is 27.3 Å². The van der Waals surface area contributed by atoms with Gasteiger partial charge in [0, 0.05) is 18.3 Å². The highest BCUT2D eigenvalue weighted by molar-refractivity contribution is 7.91. The number of aryl methyl sites for hydroxylation is 1. The average molecular weight is 304 g/mol. The van der Waals surface area contributed by atoms with Crippen LogP contribution < -0.4 is 0 Å². The molecule has 1 unspecified atom stereocenters. The maximum atomic E-state index is 12.3. The number of carbonyl (C=O) groups excluding carboxylic acids is 1. The predicted octanol–water partition coefficient (Wildman–Crippen LogP) is 0.698. The molecule has 0 aromatic carbocycles. The summed E-state index contributed by atoms with van der Waals surface area (Å²) in [5.41, 5.74) is 0.796. The quantitative estimate of drug-likeness (QED) is 0.713. The Morgan fingerprint density at radius 2 is 2.16 bits per heavy atom. The molecule has 1 aliphatic rings. The lowest BCUT2D eigenvalue weighted by Crippen LogP contribution is -2.50. The van der Waals surface area contributed by atoms with Crippen LogP contribution in [-0.4, -0.2) is 53.3 Å². The summed E-state index contributed by atoms with van der Waals surface area (Å²) >= 11 is 5.73. The van der Waals surface area contributed by atoms with Crippen LogP contribution in [0.25, 0.3) is 0 Å². The van der Waals surface area contributed by atoms with Gasteiger partial charge in [0.25, 0.3) is 5.91 Å². The summed E-state index contributed by atoms with van der Waals surface area (Å²) in [6, 6.07) is 1.18. The lowest BCUT2D eigenvalue weighted by molar-refractivity contribution is 0.0706. The Balaban J connectivity index is 2.25. The van der Waals surface area contributed by atoms with Crippen LogP contribution in [0.5, 0.6) is 0 Å². The van der Waals surface area contributed by atoms with Gasteiger partial charge in [-0.1, -0.05) is 0 Å². The third kappa shape index (κ3) is 3.22. The maximum absolute atomic E-state index is 12.3. The van der Waals surface area contributed by atoms with Gasteiger partial charge in [-0.05, 0) is 31.5 Å². The highest BCUT2D eigenvalue weighted by atomic mass is 35.5. The number of sulfone groups is 1. The summed E-state index contributed by atoms with van der Waals surface area (Å²) in [6.07, 6.45) is 0. The Morgan fingerprint density at radius 1 is 1.47 bits per heavy atom. The fraction of sp³-hybridized carbons (Fsp3) is 0.545. The van der Waals surface area contributed by atoms with E-state index in [9.17, 15) is 13.2 Å². The zero-order chi connectivity index (χ0) is 14.2. The summed E-state index contributed by atoms with van der Waals surface area (Å²) in [5, 5.41) is 0.0145. The van der Waals surface area contributed by atoms with E-state index in [1.807, 2.05) is 0 Å². The van der Waals surface area contributed by atoms with E-state index in [2.05, 4.69) is 9.97 Å². The Hall–Kier alpha value is -1.21. The molecule has 1 amide bonds. The van der Waals surface area contributed by atoms with Crippen molar-refractivity contribution in [1.82, 2.24) is 14.9 Å². The molecule has 2 heterocycles. The van der Waals surface area contributed by atoms with Crippen LogP contribution in [0.4, 0.5) is 0 Å². The first kappa shape index (κ1) is 14.2. The first-order valence-corrected chi connectivity index (χ1v) is 8.01. The van der Waals surface area contributed by atoms with E-state index in [1.54, 1.807) is 19.9 Å². The molecule has 1 aromatic rings. The minimum absolute atomic E-state index is 0.0130. The van der Waals surface area contributed by atoms with E-state index < -0.39 is 9.84 Å². The minimum Gasteiger partial charge on any atom is -0.333 e. The summed E-state index contributed by atoms with van der Waals surface area (Å²) < 4.78 is 23.0. The Labute approximate surface area is 116 Å². The van der Waals surface area contributed by atoms with Gasteiger partial charge in [0.2, 0.25) is 5.28 Å². The van der Waals surface area contributed by atoms with E-state index in [1.165, 1.54) is 4.90 Å². The monoisotopic (exact) mass is 303 g/mol. The van der Waals surface area contributed by atoms with Crippen LogP contribution in [0, 0.1) is 6.92 Å². The third-order valence-corrected chi connectivity index (χ3v) is 4.94. The summed E-state index contributed by atoms with van der Waals surface area (Å²) in [5.74, 6) is -0.341. The molecule has 1 atom stereocenters. The van der Waals surface area contributed by atoms with E-state index in [4.69, 9.17) is 11.6 Å². The second-order valence-corrected chi connectivity index (χ2v) is 7.19. The molecule has 0 bridgehead atoms. The molecule has 2 rings (SSSR count). The van der Waals surface area contributed by atoms with Crippen molar-refractivity contribution in [3.63, 3.8) is 0 Å². The highest BCUT2D eigenvalue weighted by Crippen LogP contribution is 2.15. The van der Waals surface area contributed by atoms with Gasteiger partial charge in [-0.2, -0.15) is 0 Å². The van der Waals surface area contributed by atoms with Gasteiger partial charge in [0.15, 0.2) is 9.84 Å². The minimum atomic E-state index is -3.05. The molecule has 104 valence electrons. The van der Waals surface area contributed by atoms with Crippen molar-refractivity contribution in [1.29, 1.82) is 0 Å². The second-order valence-electron chi connectivity index (χ2n) is 4.63. The van der Waals surface area contributed by atoms with E-state index in [0.29, 0.717) is 5.69 Å². The van der Waals surface area contributed by atoms with Gasteiger partial charge < -0.3 is 4.90 Å². The lowest BCUT2D eigenvalue weighted by Gasteiger charge is -2.32. The van der Waals surface area contributed by atoms with Gasteiger partial charge in [-0.25, -0.2) is 18.4 Å². The summed E-state index contributed by atoms with van der Waals surface area (Å²) in [7, 11) is -3.05. The van der Waals surface area contributed by atoms with Crippen molar-refractivity contribution in [3.8, 4) is 0 Å². The molecule has 0 aliphatic carbocycles. The Bertz CT molecular complexity index is 597. The topological polar surface area (TPSA) is 80.2 Å². The number of aromatic nitrogens is 2. The number of nitrogens with zero attached hydrogens (tertiary/aromatic N) is 3. The maximum Gasteiger partial charge on any atom is 0.272 e. The van der Waals surface area contributed by atoms with Gasteiger partial charge in [-0.3, -0.25) is 4.79 Å². The number of carbonyl (C=O) groups is 1. The molecule has 1 aliphatic heterocycles. The molecule has 8 heteroatoms. The van der Waals surface area contributed by atoms with Crippen LogP contribution in [0.1, 0.15) is 23.1 Å². The molecule has 19 heavy (non-hydrogen) atoms. The first-order chi connectivity index (χ1) is 8.78. The SMILES string of the molecule is Cc1cc(C(=O)N2CCS(=O)(=O)CC2C)nc(Cl)n1. The molecule has 1 fully saturated rings. The van der Waals surface area contributed by atoms with Crippen molar-refractivity contribution < 1.29 is 13.2 Å². The fourth-order valence-electron chi connectivity index (χ4n) is 2.09. The molecule has 0 N–H and O–H groups in total. The van der Waals surface area contributed by atoms with Crippen molar-refractivity contribution in [2.75, 3.05) is 18.1 Å². The number of hydrogen-bond acceptors (Lipinski definition) is 5. The summed E-state index contributed by atoms with van der Waals surface area (Å²) in [4.78, 5) is 21.6. The molecule has 0 saturated carbocycles. The van der Waals surface area contributed by atoms with Crippen molar-refractivity contribution in [2.45, 2.75) is 19.9 Å². The average Bonchev–Trinajstić information content (AvgIpc) is 2.25. The molecule has 0 radical (unpaired) electrons. The fourth-order valence-corrected chi connectivity index (χ4v) is 3.87. The Morgan fingerprint density at radius 3 is 2.74 bits per heavy atom. The van der Waals surface area contributed by atoms with E-state index >= 15 is 0 Å². The van der Waals surface area contributed by atoms with Crippen LogP contribution in [0.3, 0.4) is 0 Å². The van der Waals surface area contributed by atoms with Crippen LogP contribution in [0.2, 0.25) is 5.28 Å². The predicted molar refractivity (Wildman–Crippen MR) is 70.9 cm³/mol. The molecular weight excluding hydrogens is 290 g/mol. The van der Waals surface area contributed by atoms with Crippen molar-refractivity contribution in [3.05, 3.63) is 22.7 Å². The first-order valence-electron chi connectivity index (χ1n) is 5.81. The van der Waals surface area contributed by atoms with E-state index in [-0.39, 0.29) is 41.0 Å². The molecule has 0 spiro atoms. The lowest BCUT2D eigenvalue weighted by atomic mass is 10.2. The van der Waals surface area contributed by atoms with Crippen LogP contribution >= 0.6 is 11.6 Å². The summed E-state index contributed by atoms with van der Waals surface area (Å²) in [6.45, 7) is 3.61.